The number of hydrogen-bond donors (Lipinski definition) is 3. The normalized spacial score (nSPS) is 17.4. The molecular formula is C17H16FN5O2. The smallest absolute Gasteiger partial charge is 0.327 e. The van der Waals surface area contributed by atoms with Crippen molar-refractivity contribution in [1.29, 1.82) is 0 Å². The average molecular weight is 341 g/mol. The van der Waals surface area contributed by atoms with E-state index in [0.717, 1.165) is 22.5 Å². The van der Waals surface area contributed by atoms with Gasteiger partial charge in [0.1, 0.15) is 5.82 Å². The summed E-state index contributed by atoms with van der Waals surface area (Å²) in [6.45, 7) is 1.01. The first-order chi connectivity index (χ1) is 12.1. The van der Waals surface area contributed by atoms with Gasteiger partial charge in [0.05, 0.1) is 23.9 Å². The fraction of sp³-hybridized carbons (Fsp3) is 0.235. The Bertz CT molecular complexity index is 902. The van der Waals surface area contributed by atoms with Gasteiger partial charge in [-0.1, -0.05) is 0 Å². The molecular weight excluding hydrogens is 325 g/mol. The second-order valence-corrected chi connectivity index (χ2v) is 6.00. The maximum Gasteiger partial charge on any atom is 0.327 e. The molecule has 0 radical (unpaired) electrons. The van der Waals surface area contributed by atoms with Gasteiger partial charge in [0, 0.05) is 36.3 Å². The lowest BCUT2D eigenvalue weighted by atomic mass is 10.0. The van der Waals surface area contributed by atoms with Crippen LogP contribution in [0.2, 0.25) is 0 Å². The molecule has 8 heteroatoms. The number of halogens is 1. The first kappa shape index (κ1) is 15.5. The van der Waals surface area contributed by atoms with Crippen LogP contribution in [-0.2, 0) is 17.8 Å². The number of nitrogens with zero attached hydrogens (tertiary/aromatic N) is 3. The second-order valence-electron chi connectivity index (χ2n) is 6.00. The molecule has 3 N–H and O–H groups in total. The van der Waals surface area contributed by atoms with Gasteiger partial charge >= 0.3 is 5.97 Å². The number of carboxylic acids is 1. The van der Waals surface area contributed by atoms with Crippen LogP contribution < -0.4 is 0 Å². The van der Waals surface area contributed by atoms with Crippen LogP contribution >= 0.6 is 0 Å². The van der Waals surface area contributed by atoms with Crippen molar-refractivity contribution in [3.05, 3.63) is 59.6 Å². The summed E-state index contributed by atoms with van der Waals surface area (Å²) >= 11 is 0. The Labute approximate surface area is 142 Å². The number of carbonyl (C=O) groups is 1. The molecule has 1 aliphatic heterocycles. The lowest BCUT2D eigenvalue weighted by Gasteiger charge is -2.32. The number of carboxylic acid groups (broad SMARTS) is 1. The first-order valence-corrected chi connectivity index (χ1v) is 7.90. The van der Waals surface area contributed by atoms with Gasteiger partial charge in [-0.25, -0.2) is 9.37 Å². The van der Waals surface area contributed by atoms with Crippen LogP contribution in [0.3, 0.4) is 0 Å². The summed E-state index contributed by atoms with van der Waals surface area (Å²) in [5.74, 6) is -1.24. The molecule has 4 rings (SSSR count). The molecule has 2 aromatic heterocycles. The lowest BCUT2D eigenvalue weighted by molar-refractivity contribution is -0.144. The van der Waals surface area contributed by atoms with Crippen LogP contribution in [0.25, 0.3) is 11.3 Å². The topological polar surface area (TPSA) is 97.9 Å². The Morgan fingerprint density at radius 3 is 2.92 bits per heavy atom. The minimum Gasteiger partial charge on any atom is -0.480 e. The Kier molecular flexibility index (Phi) is 3.81. The third-order valence-corrected chi connectivity index (χ3v) is 4.48. The van der Waals surface area contributed by atoms with Gasteiger partial charge in [-0.2, -0.15) is 5.10 Å². The van der Waals surface area contributed by atoms with Gasteiger partial charge in [0.2, 0.25) is 0 Å². The van der Waals surface area contributed by atoms with Gasteiger partial charge in [-0.15, -0.1) is 0 Å². The maximum absolute atomic E-state index is 13.1. The van der Waals surface area contributed by atoms with Crippen LogP contribution in [-0.4, -0.2) is 42.7 Å². The van der Waals surface area contributed by atoms with Gasteiger partial charge < -0.3 is 10.1 Å². The van der Waals surface area contributed by atoms with Gasteiger partial charge in [-0.05, 0) is 24.3 Å². The monoisotopic (exact) mass is 341 g/mol. The van der Waals surface area contributed by atoms with E-state index in [2.05, 4.69) is 20.2 Å². The molecule has 0 bridgehead atoms. The number of hydrogen-bond acceptors (Lipinski definition) is 4. The fourth-order valence-electron chi connectivity index (χ4n) is 3.28. The van der Waals surface area contributed by atoms with Crippen molar-refractivity contribution in [2.75, 3.05) is 6.54 Å². The summed E-state index contributed by atoms with van der Waals surface area (Å²) in [7, 11) is 0. The molecule has 1 atom stereocenters. The zero-order chi connectivity index (χ0) is 17.4. The van der Waals surface area contributed by atoms with Crippen molar-refractivity contribution in [3.8, 4) is 11.3 Å². The van der Waals surface area contributed by atoms with Gasteiger partial charge in [0.25, 0.3) is 0 Å². The van der Waals surface area contributed by atoms with Crippen molar-refractivity contribution in [1.82, 2.24) is 25.1 Å². The number of aliphatic carboxylic acids is 1. The second kappa shape index (κ2) is 6.14. The van der Waals surface area contributed by atoms with Crippen LogP contribution in [0, 0.1) is 5.82 Å². The maximum atomic E-state index is 13.1. The minimum absolute atomic E-state index is 0.308. The molecule has 0 amide bonds. The summed E-state index contributed by atoms with van der Waals surface area (Å²) in [6.07, 6.45) is 3.92. The number of aromatic amines is 2. The van der Waals surface area contributed by atoms with Crippen LogP contribution in [0.4, 0.5) is 4.39 Å². The molecule has 0 aliphatic carbocycles. The minimum atomic E-state index is -0.931. The molecule has 3 aromatic rings. The Morgan fingerprint density at radius 1 is 1.36 bits per heavy atom. The highest BCUT2D eigenvalue weighted by Crippen LogP contribution is 2.31. The van der Waals surface area contributed by atoms with E-state index in [1.807, 2.05) is 4.90 Å². The standard InChI is InChI=1S/C17H16FN5O2/c18-12-3-1-10(2-4-12)14-11(7-21-22-14)8-23-6-5-13-15(20-9-19-13)16(23)17(24)25/h1-4,7,9,16H,5-6,8H2,(H,19,20)(H,21,22)(H,24,25)/t16-/m1/s1. The number of imidazole rings is 1. The van der Waals surface area contributed by atoms with Crippen molar-refractivity contribution in [3.63, 3.8) is 0 Å². The highest BCUT2D eigenvalue weighted by molar-refractivity contribution is 5.75. The van der Waals surface area contributed by atoms with E-state index >= 15 is 0 Å². The summed E-state index contributed by atoms with van der Waals surface area (Å²) in [5, 5.41) is 16.7. The van der Waals surface area contributed by atoms with Crippen LogP contribution in [0.15, 0.2) is 36.8 Å². The summed E-state index contributed by atoms with van der Waals surface area (Å²) in [4.78, 5) is 20.8. The van der Waals surface area contributed by atoms with Crippen LogP contribution in [0.1, 0.15) is 23.0 Å². The number of aromatic nitrogens is 4. The fourth-order valence-corrected chi connectivity index (χ4v) is 3.28. The van der Waals surface area contributed by atoms with E-state index in [0.29, 0.717) is 25.2 Å². The quantitative estimate of drug-likeness (QED) is 0.675. The highest BCUT2D eigenvalue weighted by atomic mass is 19.1. The van der Waals surface area contributed by atoms with Crippen molar-refractivity contribution < 1.29 is 14.3 Å². The molecule has 128 valence electrons. The molecule has 0 saturated carbocycles. The number of benzene rings is 1. The Balaban J connectivity index is 1.64. The van der Waals surface area contributed by atoms with E-state index in [-0.39, 0.29) is 5.82 Å². The molecule has 1 aliphatic rings. The number of nitrogens with one attached hydrogen (secondary N) is 2. The predicted molar refractivity (Wildman–Crippen MR) is 87.1 cm³/mol. The largest absolute Gasteiger partial charge is 0.480 e. The molecule has 0 spiro atoms. The molecule has 0 fully saturated rings. The summed E-state index contributed by atoms with van der Waals surface area (Å²) in [5.41, 5.74) is 3.85. The van der Waals surface area contributed by atoms with Crippen molar-refractivity contribution >= 4 is 5.97 Å². The first-order valence-electron chi connectivity index (χ1n) is 7.90. The van der Waals surface area contributed by atoms with E-state index in [1.54, 1.807) is 18.3 Å². The lowest BCUT2D eigenvalue weighted by Crippen LogP contribution is -2.39. The highest BCUT2D eigenvalue weighted by Gasteiger charge is 2.35. The average Bonchev–Trinajstić information content (AvgIpc) is 3.24. The zero-order valence-corrected chi connectivity index (χ0v) is 13.2. The van der Waals surface area contributed by atoms with Crippen LogP contribution in [0.5, 0.6) is 0 Å². The molecule has 1 aromatic carbocycles. The van der Waals surface area contributed by atoms with Gasteiger partial charge in [-0.3, -0.25) is 14.8 Å². The third kappa shape index (κ3) is 2.80. The number of H-pyrrole nitrogens is 2. The predicted octanol–water partition coefficient (Wildman–Crippen LogP) is 2.12. The summed E-state index contributed by atoms with van der Waals surface area (Å²) in [6, 6.07) is 5.31. The Hall–Kier alpha value is -3.00. The SMILES string of the molecule is O=C(O)[C@H]1c2nc[nH]c2CCN1Cc1cn[nH]c1-c1ccc(F)cc1. The summed E-state index contributed by atoms with van der Waals surface area (Å²) < 4.78 is 13.1. The Morgan fingerprint density at radius 2 is 2.16 bits per heavy atom. The molecule has 7 nitrogen and oxygen atoms in total. The van der Waals surface area contributed by atoms with E-state index < -0.39 is 12.0 Å². The van der Waals surface area contributed by atoms with Crippen molar-refractivity contribution in [2.45, 2.75) is 19.0 Å². The molecule has 25 heavy (non-hydrogen) atoms. The third-order valence-electron chi connectivity index (χ3n) is 4.48. The van der Waals surface area contributed by atoms with Crippen molar-refractivity contribution in [2.24, 2.45) is 0 Å². The van der Waals surface area contributed by atoms with Gasteiger partial charge in [0.15, 0.2) is 6.04 Å². The van der Waals surface area contributed by atoms with E-state index in [9.17, 15) is 14.3 Å². The van der Waals surface area contributed by atoms with E-state index in [4.69, 9.17) is 0 Å². The number of rotatable bonds is 4. The zero-order valence-electron chi connectivity index (χ0n) is 13.2. The number of fused-ring (bicyclic) bond motifs is 1. The molecule has 0 saturated heterocycles. The molecule has 3 heterocycles. The van der Waals surface area contributed by atoms with E-state index in [1.165, 1.54) is 18.5 Å². The molecule has 0 unspecified atom stereocenters.